The van der Waals surface area contributed by atoms with Crippen molar-refractivity contribution in [3.8, 4) is 17.2 Å². The van der Waals surface area contributed by atoms with Crippen LogP contribution in [-0.2, 0) is 14.8 Å². The molecule has 0 aromatic heterocycles. The van der Waals surface area contributed by atoms with E-state index in [0.717, 1.165) is 16.1 Å². The van der Waals surface area contributed by atoms with Gasteiger partial charge in [0.15, 0.2) is 0 Å². The number of carbonyl (C=O) groups is 1. The molecule has 1 N–H and O–H groups in total. The van der Waals surface area contributed by atoms with E-state index in [4.69, 9.17) is 14.2 Å². The summed E-state index contributed by atoms with van der Waals surface area (Å²) < 4.78 is 42.2. The number of nitrogens with zero attached hydrogens (tertiary/aromatic N) is 1. The number of sulfonamides is 1. The van der Waals surface area contributed by atoms with Gasteiger partial charge < -0.3 is 19.5 Å². The van der Waals surface area contributed by atoms with E-state index in [1.807, 2.05) is 6.92 Å². The molecule has 0 saturated carbocycles. The lowest BCUT2D eigenvalue weighted by Crippen LogP contribution is -2.48. The first-order valence-electron chi connectivity index (χ1n) is 9.86. The maximum Gasteiger partial charge on any atom is 0.244 e. The minimum atomic E-state index is -3.72. The van der Waals surface area contributed by atoms with Crippen molar-refractivity contribution >= 4 is 21.6 Å². The molecule has 0 fully saturated rings. The van der Waals surface area contributed by atoms with E-state index < -0.39 is 28.0 Å². The highest BCUT2D eigenvalue weighted by molar-refractivity contribution is 7.92. The highest BCUT2D eigenvalue weighted by Gasteiger charge is 2.30. The van der Waals surface area contributed by atoms with Gasteiger partial charge in [0.05, 0.1) is 38.8 Å². The zero-order valence-electron chi connectivity index (χ0n) is 18.7. The Labute approximate surface area is 184 Å². The Kier molecular flexibility index (Phi) is 8.15. The molecule has 0 aliphatic carbocycles. The maximum absolute atomic E-state index is 13.0. The first-order chi connectivity index (χ1) is 14.6. The number of nitrogens with one attached hydrogen (secondary N) is 1. The largest absolute Gasteiger partial charge is 0.497 e. The number of anilines is 1. The number of hydrogen-bond acceptors (Lipinski definition) is 6. The Morgan fingerprint density at radius 1 is 1.03 bits per heavy atom. The molecular weight excluding hydrogens is 420 g/mol. The van der Waals surface area contributed by atoms with Crippen LogP contribution in [0.2, 0.25) is 0 Å². The molecule has 0 aliphatic heterocycles. The van der Waals surface area contributed by atoms with Crippen molar-refractivity contribution in [1.29, 1.82) is 0 Å². The van der Waals surface area contributed by atoms with Crippen LogP contribution in [0.25, 0.3) is 0 Å². The summed E-state index contributed by atoms with van der Waals surface area (Å²) in [6.07, 6.45) is 1.07. The Hall–Kier alpha value is -2.94. The highest BCUT2D eigenvalue weighted by atomic mass is 32.2. The summed E-state index contributed by atoms with van der Waals surface area (Å²) in [5, 5.41) is 2.87. The van der Waals surface area contributed by atoms with Crippen molar-refractivity contribution in [2.45, 2.75) is 32.9 Å². The van der Waals surface area contributed by atoms with E-state index in [1.165, 1.54) is 0 Å². The molecule has 2 atom stereocenters. The molecule has 31 heavy (non-hydrogen) atoms. The molecule has 0 unspecified atom stereocenters. The fourth-order valence-corrected chi connectivity index (χ4v) is 4.43. The first-order valence-corrected chi connectivity index (χ1v) is 11.7. The van der Waals surface area contributed by atoms with Gasteiger partial charge in [-0.1, -0.05) is 0 Å². The SMILES string of the molecule is CCOc1ccc(N([C@@H](C)C(=O)N[C@H](C)c2cc(OC)ccc2OC)S(C)(=O)=O)cc1. The van der Waals surface area contributed by atoms with Gasteiger partial charge in [-0.15, -0.1) is 0 Å². The zero-order valence-corrected chi connectivity index (χ0v) is 19.5. The van der Waals surface area contributed by atoms with Gasteiger partial charge in [0, 0.05) is 5.56 Å². The maximum atomic E-state index is 13.0. The van der Waals surface area contributed by atoms with Gasteiger partial charge in [0.25, 0.3) is 0 Å². The average molecular weight is 451 g/mol. The lowest BCUT2D eigenvalue weighted by atomic mass is 10.1. The molecule has 0 radical (unpaired) electrons. The molecule has 2 aromatic carbocycles. The summed E-state index contributed by atoms with van der Waals surface area (Å²) in [6, 6.07) is 10.4. The number of hydrogen-bond donors (Lipinski definition) is 1. The van der Waals surface area contributed by atoms with Crippen LogP contribution in [0.3, 0.4) is 0 Å². The Balaban J connectivity index is 2.28. The predicted molar refractivity (Wildman–Crippen MR) is 120 cm³/mol. The van der Waals surface area contributed by atoms with Crippen LogP contribution in [0.1, 0.15) is 32.4 Å². The average Bonchev–Trinajstić information content (AvgIpc) is 2.73. The number of methoxy groups -OCH3 is 2. The summed E-state index contributed by atoms with van der Waals surface area (Å²) in [6.45, 7) is 5.70. The monoisotopic (exact) mass is 450 g/mol. The Bertz CT molecular complexity index is 992. The highest BCUT2D eigenvalue weighted by Crippen LogP contribution is 2.30. The topological polar surface area (TPSA) is 94.2 Å². The molecule has 0 saturated heterocycles. The van der Waals surface area contributed by atoms with Crippen LogP contribution in [0.5, 0.6) is 17.2 Å². The minimum Gasteiger partial charge on any atom is -0.497 e. The van der Waals surface area contributed by atoms with Crippen molar-refractivity contribution in [3.63, 3.8) is 0 Å². The molecule has 2 aromatic rings. The summed E-state index contributed by atoms with van der Waals surface area (Å²) in [5.41, 5.74) is 1.09. The third kappa shape index (κ3) is 6.04. The van der Waals surface area contributed by atoms with Gasteiger partial charge in [-0.3, -0.25) is 9.10 Å². The molecular formula is C22H30N2O6S. The van der Waals surface area contributed by atoms with Crippen LogP contribution >= 0.6 is 0 Å². The molecule has 170 valence electrons. The quantitative estimate of drug-likeness (QED) is 0.598. The van der Waals surface area contributed by atoms with E-state index in [2.05, 4.69) is 5.32 Å². The fourth-order valence-electron chi connectivity index (χ4n) is 3.25. The smallest absolute Gasteiger partial charge is 0.244 e. The molecule has 9 heteroatoms. The lowest BCUT2D eigenvalue weighted by molar-refractivity contribution is -0.122. The van der Waals surface area contributed by atoms with E-state index in [-0.39, 0.29) is 0 Å². The fraction of sp³-hybridized carbons (Fsp3) is 0.409. The van der Waals surface area contributed by atoms with E-state index in [9.17, 15) is 13.2 Å². The standard InChI is InChI=1S/C22H30N2O6S/c1-7-30-18-10-8-17(9-11-18)24(31(6,26)27)16(3)22(25)23-15(2)20-14-19(28-4)12-13-21(20)29-5/h8-16H,7H2,1-6H3,(H,23,25)/t15-,16+/m1/s1. The number of amides is 1. The third-order valence-corrected chi connectivity index (χ3v) is 5.99. The normalized spacial score (nSPS) is 13.1. The second kappa shape index (κ2) is 10.4. The molecule has 0 spiro atoms. The van der Waals surface area contributed by atoms with E-state index in [0.29, 0.717) is 29.5 Å². The summed E-state index contributed by atoms with van der Waals surface area (Å²) >= 11 is 0. The van der Waals surface area contributed by atoms with Gasteiger partial charge in [0.1, 0.15) is 23.3 Å². The zero-order chi connectivity index (χ0) is 23.2. The third-order valence-electron chi connectivity index (χ3n) is 4.75. The van der Waals surface area contributed by atoms with Crippen molar-refractivity contribution in [2.75, 3.05) is 31.4 Å². The van der Waals surface area contributed by atoms with Gasteiger partial charge in [-0.2, -0.15) is 0 Å². The van der Waals surface area contributed by atoms with Crippen LogP contribution in [0, 0.1) is 0 Å². The summed E-state index contributed by atoms with van der Waals surface area (Å²) in [5.74, 6) is 1.39. The molecule has 0 heterocycles. The van der Waals surface area contributed by atoms with Gasteiger partial charge in [-0.25, -0.2) is 8.42 Å². The van der Waals surface area contributed by atoms with Crippen LogP contribution in [-0.4, -0.2) is 47.4 Å². The molecule has 1 amide bonds. The molecule has 0 bridgehead atoms. The lowest BCUT2D eigenvalue weighted by Gasteiger charge is -2.29. The van der Waals surface area contributed by atoms with Crippen LogP contribution in [0.15, 0.2) is 42.5 Å². The summed E-state index contributed by atoms with van der Waals surface area (Å²) in [7, 11) is -0.630. The van der Waals surface area contributed by atoms with Crippen LogP contribution in [0.4, 0.5) is 5.69 Å². The van der Waals surface area contributed by atoms with Crippen molar-refractivity contribution in [2.24, 2.45) is 0 Å². The van der Waals surface area contributed by atoms with Crippen molar-refractivity contribution < 1.29 is 27.4 Å². The Morgan fingerprint density at radius 2 is 1.65 bits per heavy atom. The second-order valence-corrected chi connectivity index (χ2v) is 8.86. The van der Waals surface area contributed by atoms with Crippen LogP contribution < -0.4 is 23.8 Å². The Morgan fingerprint density at radius 3 is 2.16 bits per heavy atom. The predicted octanol–water partition coefficient (Wildman–Crippen LogP) is 3.13. The van der Waals surface area contributed by atoms with Crippen molar-refractivity contribution in [1.82, 2.24) is 5.32 Å². The minimum absolute atomic E-state index is 0.375. The number of ether oxygens (including phenoxy) is 3. The van der Waals surface area contributed by atoms with Gasteiger partial charge in [-0.05, 0) is 63.2 Å². The van der Waals surface area contributed by atoms with E-state index >= 15 is 0 Å². The van der Waals surface area contributed by atoms with Crippen molar-refractivity contribution in [3.05, 3.63) is 48.0 Å². The summed E-state index contributed by atoms with van der Waals surface area (Å²) in [4.78, 5) is 13.0. The number of benzene rings is 2. The molecule has 8 nitrogen and oxygen atoms in total. The van der Waals surface area contributed by atoms with Gasteiger partial charge in [0.2, 0.25) is 15.9 Å². The molecule has 2 rings (SSSR count). The number of carbonyl (C=O) groups excluding carboxylic acids is 1. The van der Waals surface area contributed by atoms with Gasteiger partial charge >= 0.3 is 0 Å². The molecule has 0 aliphatic rings. The first kappa shape index (κ1) is 24.3. The van der Waals surface area contributed by atoms with E-state index in [1.54, 1.807) is 70.5 Å². The second-order valence-electron chi connectivity index (χ2n) is 7.00. The number of rotatable bonds is 10.